The minimum atomic E-state index is -4.05. The third-order valence-electron chi connectivity index (χ3n) is 1.91. The highest BCUT2D eigenvalue weighted by Crippen LogP contribution is 2.24. The van der Waals surface area contributed by atoms with Crippen LogP contribution < -0.4 is 4.72 Å². The predicted molar refractivity (Wildman–Crippen MR) is 61.7 cm³/mol. The van der Waals surface area contributed by atoms with Gasteiger partial charge in [0.05, 0.1) is 16.2 Å². The zero-order valence-corrected chi connectivity index (χ0v) is 10.9. The molecule has 0 aliphatic heterocycles. The van der Waals surface area contributed by atoms with Gasteiger partial charge >= 0.3 is 0 Å². The van der Waals surface area contributed by atoms with Gasteiger partial charge in [0, 0.05) is 6.07 Å². The standard InChI is InChI=1S/C9H7BrF2N2O2S/c1-5(4-13)17(15,16)14-9-3-7(11)6(10)2-8(9)12/h2-3,5,14H,1H3. The summed E-state index contributed by atoms with van der Waals surface area (Å²) in [5, 5.41) is 7.10. The second-order valence-electron chi connectivity index (χ2n) is 3.16. The molecule has 0 radical (unpaired) electrons. The Bertz CT molecular complexity index is 583. The molecule has 0 spiro atoms. The lowest BCUT2D eigenvalue weighted by Gasteiger charge is -2.10. The van der Waals surface area contributed by atoms with Gasteiger partial charge in [0.1, 0.15) is 11.6 Å². The fraction of sp³-hybridized carbons (Fsp3) is 0.222. The summed E-state index contributed by atoms with van der Waals surface area (Å²) >= 11 is 2.76. The van der Waals surface area contributed by atoms with Gasteiger partial charge in [-0.1, -0.05) is 0 Å². The zero-order chi connectivity index (χ0) is 13.2. The Hall–Kier alpha value is -1.20. The Labute approximate surface area is 105 Å². The van der Waals surface area contributed by atoms with E-state index >= 15 is 0 Å². The fourth-order valence-electron chi connectivity index (χ4n) is 0.912. The molecule has 0 heterocycles. The summed E-state index contributed by atoms with van der Waals surface area (Å²) in [7, 11) is -4.05. The molecular weight excluding hydrogens is 318 g/mol. The van der Waals surface area contributed by atoms with E-state index in [2.05, 4.69) is 15.9 Å². The average molecular weight is 325 g/mol. The maximum absolute atomic E-state index is 13.3. The highest BCUT2D eigenvalue weighted by atomic mass is 79.9. The summed E-state index contributed by atoms with van der Waals surface area (Å²) in [4.78, 5) is 0. The van der Waals surface area contributed by atoms with Crippen LogP contribution in [0.3, 0.4) is 0 Å². The number of sulfonamides is 1. The molecule has 0 aliphatic rings. The average Bonchev–Trinajstić information content (AvgIpc) is 2.24. The number of nitriles is 1. The van der Waals surface area contributed by atoms with E-state index in [1.54, 1.807) is 0 Å². The first-order valence-electron chi connectivity index (χ1n) is 4.33. The summed E-state index contributed by atoms with van der Waals surface area (Å²) in [6, 6.07) is 2.99. The molecule has 17 heavy (non-hydrogen) atoms. The van der Waals surface area contributed by atoms with Crippen LogP contribution in [-0.2, 0) is 10.0 Å². The van der Waals surface area contributed by atoms with Gasteiger partial charge in [0.25, 0.3) is 0 Å². The SMILES string of the molecule is CC(C#N)S(=O)(=O)Nc1cc(F)c(Br)cc1F. The zero-order valence-electron chi connectivity index (χ0n) is 8.54. The quantitative estimate of drug-likeness (QED) is 0.868. The molecule has 0 aliphatic carbocycles. The van der Waals surface area contributed by atoms with Crippen molar-refractivity contribution in [2.75, 3.05) is 4.72 Å². The largest absolute Gasteiger partial charge is 0.279 e. The molecule has 0 amide bonds. The molecule has 0 aromatic heterocycles. The van der Waals surface area contributed by atoms with Crippen LogP contribution in [0.2, 0.25) is 0 Å². The first-order valence-corrected chi connectivity index (χ1v) is 6.67. The Morgan fingerprint density at radius 3 is 2.53 bits per heavy atom. The van der Waals surface area contributed by atoms with Crippen molar-refractivity contribution in [3.05, 3.63) is 28.2 Å². The van der Waals surface area contributed by atoms with Gasteiger partial charge < -0.3 is 0 Å². The van der Waals surface area contributed by atoms with Gasteiger partial charge in [-0.25, -0.2) is 17.2 Å². The third-order valence-corrected chi connectivity index (χ3v) is 4.06. The third kappa shape index (κ3) is 3.14. The monoisotopic (exact) mass is 324 g/mol. The summed E-state index contributed by atoms with van der Waals surface area (Å²) < 4.78 is 51.0. The van der Waals surface area contributed by atoms with Crippen molar-refractivity contribution in [2.24, 2.45) is 0 Å². The molecule has 1 aromatic carbocycles. The number of halogens is 3. The molecule has 8 heteroatoms. The van der Waals surface area contributed by atoms with Crippen LogP contribution in [0, 0.1) is 23.0 Å². The molecule has 0 fully saturated rings. The highest BCUT2D eigenvalue weighted by molar-refractivity contribution is 9.10. The van der Waals surface area contributed by atoms with E-state index in [1.807, 2.05) is 4.72 Å². The molecule has 0 saturated heterocycles. The van der Waals surface area contributed by atoms with Gasteiger partial charge in [0.2, 0.25) is 10.0 Å². The van der Waals surface area contributed by atoms with E-state index in [-0.39, 0.29) is 4.47 Å². The second-order valence-corrected chi connectivity index (χ2v) is 6.02. The minimum Gasteiger partial charge on any atom is -0.279 e. The Morgan fingerprint density at radius 1 is 1.41 bits per heavy atom. The van der Waals surface area contributed by atoms with E-state index in [4.69, 9.17) is 5.26 Å². The van der Waals surface area contributed by atoms with E-state index < -0.39 is 32.6 Å². The van der Waals surface area contributed by atoms with Crippen molar-refractivity contribution in [3.63, 3.8) is 0 Å². The van der Waals surface area contributed by atoms with E-state index in [9.17, 15) is 17.2 Å². The highest BCUT2D eigenvalue weighted by Gasteiger charge is 2.22. The first-order chi connectivity index (χ1) is 7.77. The van der Waals surface area contributed by atoms with Gasteiger partial charge in [-0.05, 0) is 28.9 Å². The topological polar surface area (TPSA) is 70.0 Å². The molecule has 92 valence electrons. The molecule has 0 saturated carbocycles. The van der Waals surface area contributed by atoms with Crippen LogP contribution in [-0.4, -0.2) is 13.7 Å². The number of benzene rings is 1. The number of rotatable bonds is 3. The maximum Gasteiger partial charge on any atom is 0.248 e. The predicted octanol–water partition coefficient (Wildman–Crippen LogP) is 2.38. The molecule has 1 N–H and O–H groups in total. The molecule has 1 rings (SSSR count). The molecule has 1 aromatic rings. The minimum absolute atomic E-state index is 0.119. The summed E-state index contributed by atoms with van der Waals surface area (Å²) in [5.74, 6) is -1.75. The van der Waals surface area contributed by atoms with Crippen LogP contribution in [0.25, 0.3) is 0 Å². The van der Waals surface area contributed by atoms with Gasteiger partial charge in [0.15, 0.2) is 5.25 Å². The molecular formula is C9H7BrF2N2O2S. The molecule has 4 nitrogen and oxygen atoms in total. The second kappa shape index (κ2) is 4.98. The van der Waals surface area contributed by atoms with Gasteiger partial charge in [-0.15, -0.1) is 0 Å². The summed E-state index contributed by atoms with van der Waals surface area (Å²) in [5.41, 5.74) is -0.534. The van der Waals surface area contributed by atoms with Crippen LogP contribution in [0.1, 0.15) is 6.92 Å². The van der Waals surface area contributed by atoms with Crippen molar-refractivity contribution in [1.29, 1.82) is 5.26 Å². The van der Waals surface area contributed by atoms with E-state index in [1.165, 1.54) is 6.07 Å². The Balaban J connectivity index is 3.14. The summed E-state index contributed by atoms with van der Waals surface area (Å²) in [6.45, 7) is 1.13. The normalized spacial score (nSPS) is 12.9. The van der Waals surface area contributed by atoms with Crippen LogP contribution in [0.5, 0.6) is 0 Å². The van der Waals surface area contributed by atoms with Gasteiger partial charge in [-0.2, -0.15) is 5.26 Å². The van der Waals surface area contributed by atoms with Crippen LogP contribution in [0.4, 0.5) is 14.5 Å². The summed E-state index contributed by atoms with van der Waals surface area (Å²) in [6.07, 6.45) is 0. The fourth-order valence-corrected chi connectivity index (χ4v) is 2.01. The van der Waals surface area contributed by atoms with E-state index in [0.29, 0.717) is 6.07 Å². The van der Waals surface area contributed by atoms with Crippen molar-refractivity contribution in [3.8, 4) is 6.07 Å². The lowest BCUT2D eigenvalue weighted by molar-refractivity contribution is 0.589. The number of anilines is 1. The Kier molecular flexibility index (Phi) is 4.06. The van der Waals surface area contributed by atoms with Crippen molar-refractivity contribution < 1.29 is 17.2 Å². The number of nitrogens with one attached hydrogen (secondary N) is 1. The molecule has 1 atom stereocenters. The Morgan fingerprint density at radius 2 is 2.00 bits per heavy atom. The lowest BCUT2D eigenvalue weighted by atomic mass is 10.3. The smallest absolute Gasteiger partial charge is 0.248 e. The maximum atomic E-state index is 13.3. The molecule has 1 unspecified atom stereocenters. The number of hydrogen-bond acceptors (Lipinski definition) is 3. The molecule has 0 bridgehead atoms. The lowest BCUT2D eigenvalue weighted by Crippen LogP contribution is -2.24. The van der Waals surface area contributed by atoms with Gasteiger partial charge in [-0.3, -0.25) is 4.72 Å². The van der Waals surface area contributed by atoms with Crippen LogP contribution in [0.15, 0.2) is 16.6 Å². The van der Waals surface area contributed by atoms with E-state index in [0.717, 1.165) is 13.0 Å². The van der Waals surface area contributed by atoms with Crippen molar-refractivity contribution in [2.45, 2.75) is 12.2 Å². The first kappa shape index (κ1) is 13.9. The number of hydrogen-bond donors (Lipinski definition) is 1. The van der Waals surface area contributed by atoms with Crippen molar-refractivity contribution in [1.82, 2.24) is 0 Å². The van der Waals surface area contributed by atoms with Crippen molar-refractivity contribution >= 4 is 31.6 Å². The number of nitrogens with zero attached hydrogens (tertiary/aromatic N) is 1. The van der Waals surface area contributed by atoms with Crippen LogP contribution >= 0.6 is 15.9 Å².